The maximum atomic E-state index is 4.37. The molecule has 0 amide bonds. The predicted octanol–water partition coefficient (Wildman–Crippen LogP) is 3.81. The van der Waals surface area contributed by atoms with Gasteiger partial charge in [0.05, 0.1) is 11.9 Å². The van der Waals surface area contributed by atoms with Gasteiger partial charge < -0.3 is 10.2 Å². The number of nitrogens with zero attached hydrogens (tertiary/aromatic N) is 2. The molecule has 2 aromatic heterocycles. The molecule has 0 radical (unpaired) electrons. The summed E-state index contributed by atoms with van der Waals surface area (Å²) >= 11 is 1.77. The van der Waals surface area contributed by atoms with Crippen LogP contribution in [0.1, 0.15) is 37.8 Å². The third-order valence-corrected chi connectivity index (χ3v) is 4.55. The summed E-state index contributed by atoms with van der Waals surface area (Å²) in [7, 11) is 0. The summed E-state index contributed by atoms with van der Waals surface area (Å²) in [6.07, 6.45) is 6.53. The first kappa shape index (κ1) is 14.5. The molecule has 0 bridgehead atoms. The molecule has 0 atom stereocenters. The molecule has 1 N–H and O–H groups in total. The van der Waals surface area contributed by atoms with Crippen molar-refractivity contribution in [3.8, 4) is 0 Å². The van der Waals surface area contributed by atoms with Crippen LogP contribution in [0.15, 0.2) is 35.3 Å². The van der Waals surface area contributed by atoms with E-state index in [1.807, 2.05) is 12.4 Å². The fourth-order valence-corrected chi connectivity index (χ4v) is 3.17. The zero-order chi connectivity index (χ0) is 14.7. The van der Waals surface area contributed by atoms with Crippen molar-refractivity contribution in [1.82, 2.24) is 10.3 Å². The highest BCUT2D eigenvalue weighted by Crippen LogP contribution is 2.34. The van der Waals surface area contributed by atoms with Crippen LogP contribution in [-0.4, -0.2) is 17.1 Å². The van der Waals surface area contributed by atoms with Crippen molar-refractivity contribution in [1.29, 1.82) is 0 Å². The van der Waals surface area contributed by atoms with Gasteiger partial charge in [-0.2, -0.15) is 11.3 Å². The van der Waals surface area contributed by atoms with Gasteiger partial charge in [-0.15, -0.1) is 0 Å². The summed E-state index contributed by atoms with van der Waals surface area (Å²) in [5.74, 6) is 0. The SMILES string of the molecule is CC(C)NCc1ccncc1N(Cc1ccsc1)C1CC1. The van der Waals surface area contributed by atoms with E-state index in [0.29, 0.717) is 12.1 Å². The summed E-state index contributed by atoms with van der Waals surface area (Å²) in [4.78, 5) is 6.90. The molecule has 1 aliphatic carbocycles. The van der Waals surface area contributed by atoms with E-state index in [-0.39, 0.29) is 0 Å². The van der Waals surface area contributed by atoms with E-state index >= 15 is 0 Å². The van der Waals surface area contributed by atoms with Crippen molar-refractivity contribution in [2.24, 2.45) is 0 Å². The molecule has 0 unspecified atom stereocenters. The van der Waals surface area contributed by atoms with Gasteiger partial charge in [-0.1, -0.05) is 13.8 Å². The Balaban J connectivity index is 1.81. The van der Waals surface area contributed by atoms with E-state index in [2.05, 4.69) is 51.9 Å². The van der Waals surface area contributed by atoms with Crippen molar-refractivity contribution in [3.63, 3.8) is 0 Å². The quantitative estimate of drug-likeness (QED) is 0.843. The molecule has 0 aliphatic heterocycles. The molecular weight excluding hydrogens is 278 g/mol. The molecule has 2 heterocycles. The highest BCUT2D eigenvalue weighted by Gasteiger charge is 2.30. The van der Waals surface area contributed by atoms with E-state index in [0.717, 1.165) is 13.1 Å². The van der Waals surface area contributed by atoms with Crippen LogP contribution < -0.4 is 10.2 Å². The minimum atomic E-state index is 0.497. The largest absolute Gasteiger partial charge is 0.363 e. The summed E-state index contributed by atoms with van der Waals surface area (Å²) in [6, 6.07) is 5.56. The smallest absolute Gasteiger partial charge is 0.0603 e. The van der Waals surface area contributed by atoms with Crippen molar-refractivity contribution < 1.29 is 0 Å². The Morgan fingerprint density at radius 3 is 2.90 bits per heavy atom. The second kappa shape index (κ2) is 6.58. The van der Waals surface area contributed by atoms with Crippen LogP contribution in [0.3, 0.4) is 0 Å². The monoisotopic (exact) mass is 301 g/mol. The Labute approximate surface area is 131 Å². The molecule has 0 aromatic carbocycles. The van der Waals surface area contributed by atoms with Gasteiger partial charge in [-0.05, 0) is 46.9 Å². The van der Waals surface area contributed by atoms with Crippen LogP contribution in [0, 0.1) is 0 Å². The zero-order valence-corrected chi connectivity index (χ0v) is 13.6. The van der Waals surface area contributed by atoms with E-state index in [1.165, 1.54) is 29.7 Å². The molecule has 0 saturated heterocycles. The molecule has 4 heteroatoms. The van der Waals surface area contributed by atoms with Gasteiger partial charge in [-0.25, -0.2) is 0 Å². The van der Waals surface area contributed by atoms with Gasteiger partial charge in [0, 0.05) is 31.4 Å². The van der Waals surface area contributed by atoms with Crippen LogP contribution in [0.5, 0.6) is 0 Å². The lowest BCUT2D eigenvalue weighted by Gasteiger charge is -2.27. The van der Waals surface area contributed by atoms with Gasteiger partial charge in [0.1, 0.15) is 0 Å². The van der Waals surface area contributed by atoms with Gasteiger partial charge >= 0.3 is 0 Å². The molecule has 3 rings (SSSR count). The van der Waals surface area contributed by atoms with Crippen LogP contribution in [0.2, 0.25) is 0 Å². The molecule has 0 spiro atoms. The molecule has 1 aliphatic rings. The summed E-state index contributed by atoms with van der Waals surface area (Å²) in [6.45, 7) is 6.27. The second-order valence-electron chi connectivity index (χ2n) is 6.03. The van der Waals surface area contributed by atoms with Crippen LogP contribution in [-0.2, 0) is 13.1 Å². The number of hydrogen-bond donors (Lipinski definition) is 1. The highest BCUT2D eigenvalue weighted by atomic mass is 32.1. The van der Waals surface area contributed by atoms with Gasteiger partial charge in [0.25, 0.3) is 0 Å². The maximum absolute atomic E-state index is 4.37. The average Bonchev–Trinajstić information content (AvgIpc) is 3.20. The average molecular weight is 301 g/mol. The number of nitrogens with one attached hydrogen (secondary N) is 1. The van der Waals surface area contributed by atoms with Crippen molar-refractivity contribution >= 4 is 17.0 Å². The number of thiophene rings is 1. The molecule has 1 saturated carbocycles. The van der Waals surface area contributed by atoms with Gasteiger partial charge in [0.15, 0.2) is 0 Å². The standard InChI is InChI=1S/C17H23N3S/c1-13(2)19-9-15-5-7-18-10-17(15)20(16-3-4-16)11-14-6-8-21-12-14/h5-8,10,12-13,16,19H,3-4,9,11H2,1-2H3. The lowest BCUT2D eigenvalue weighted by molar-refractivity contribution is 0.587. The molecule has 1 fully saturated rings. The third-order valence-electron chi connectivity index (χ3n) is 3.82. The summed E-state index contributed by atoms with van der Waals surface area (Å²) < 4.78 is 0. The molecule has 21 heavy (non-hydrogen) atoms. The lowest BCUT2D eigenvalue weighted by Crippen LogP contribution is -2.28. The summed E-state index contributed by atoms with van der Waals surface area (Å²) in [5, 5.41) is 7.93. The Hall–Kier alpha value is -1.39. The van der Waals surface area contributed by atoms with Gasteiger partial charge in [0.2, 0.25) is 0 Å². The highest BCUT2D eigenvalue weighted by molar-refractivity contribution is 7.07. The Morgan fingerprint density at radius 1 is 1.38 bits per heavy atom. The molecular formula is C17H23N3S. The second-order valence-corrected chi connectivity index (χ2v) is 6.81. The third kappa shape index (κ3) is 3.83. The number of anilines is 1. The van der Waals surface area contributed by atoms with Crippen LogP contribution in [0.25, 0.3) is 0 Å². The molecule has 3 nitrogen and oxygen atoms in total. The first-order valence-corrected chi connectivity index (χ1v) is 8.62. The predicted molar refractivity (Wildman–Crippen MR) is 89.7 cm³/mol. The number of aromatic nitrogens is 1. The normalized spacial score (nSPS) is 14.6. The first-order chi connectivity index (χ1) is 10.2. The number of pyridine rings is 1. The van der Waals surface area contributed by atoms with E-state index < -0.39 is 0 Å². The number of rotatable bonds is 7. The van der Waals surface area contributed by atoms with Gasteiger partial charge in [-0.3, -0.25) is 4.98 Å². The lowest BCUT2D eigenvalue weighted by atomic mass is 10.1. The van der Waals surface area contributed by atoms with Crippen molar-refractivity contribution in [3.05, 3.63) is 46.4 Å². The topological polar surface area (TPSA) is 28.2 Å². The Bertz CT molecular complexity index is 561. The maximum Gasteiger partial charge on any atom is 0.0603 e. The summed E-state index contributed by atoms with van der Waals surface area (Å²) in [5.41, 5.74) is 4.04. The van der Waals surface area contributed by atoms with Crippen molar-refractivity contribution in [2.75, 3.05) is 4.90 Å². The minimum Gasteiger partial charge on any atom is -0.363 e. The van der Waals surface area contributed by atoms with Crippen LogP contribution >= 0.6 is 11.3 Å². The van der Waals surface area contributed by atoms with E-state index in [9.17, 15) is 0 Å². The fourth-order valence-electron chi connectivity index (χ4n) is 2.51. The van der Waals surface area contributed by atoms with E-state index in [1.54, 1.807) is 11.3 Å². The minimum absolute atomic E-state index is 0.497. The zero-order valence-electron chi connectivity index (χ0n) is 12.7. The Kier molecular flexibility index (Phi) is 4.56. The van der Waals surface area contributed by atoms with Crippen LogP contribution in [0.4, 0.5) is 5.69 Å². The molecule has 2 aromatic rings. The molecule has 112 valence electrons. The van der Waals surface area contributed by atoms with E-state index in [4.69, 9.17) is 0 Å². The fraction of sp³-hybridized carbons (Fsp3) is 0.471. The van der Waals surface area contributed by atoms with Crippen molar-refractivity contribution in [2.45, 2.75) is 51.9 Å². The Morgan fingerprint density at radius 2 is 2.24 bits per heavy atom. The number of hydrogen-bond acceptors (Lipinski definition) is 4. The first-order valence-electron chi connectivity index (χ1n) is 7.68.